The molecule has 0 heterocycles. The maximum atomic E-state index is 11.1. The molecule has 0 aliphatic carbocycles. The van der Waals surface area contributed by atoms with E-state index in [-0.39, 0.29) is 12.5 Å². The van der Waals surface area contributed by atoms with Crippen molar-refractivity contribution < 1.29 is 9.53 Å². The molecule has 4 nitrogen and oxygen atoms in total. The molecule has 0 bridgehead atoms. The predicted octanol–water partition coefficient (Wildman–Crippen LogP) is 0.278. The number of rotatable bonds is 6. The van der Waals surface area contributed by atoms with Gasteiger partial charge < -0.3 is 15.8 Å². The molecule has 0 aromatic heterocycles. The molecule has 4 heteroatoms. The smallest absolute Gasteiger partial charge is 0.246 e. The van der Waals surface area contributed by atoms with Crippen LogP contribution in [0.4, 0.5) is 0 Å². The second kappa shape index (κ2) is 6.98. The summed E-state index contributed by atoms with van der Waals surface area (Å²) in [5, 5.41) is 2.63. The van der Waals surface area contributed by atoms with Crippen LogP contribution in [0.2, 0.25) is 0 Å². The van der Waals surface area contributed by atoms with Crippen molar-refractivity contribution >= 4 is 5.91 Å². The summed E-state index contributed by atoms with van der Waals surface area (Å²) in [5.74, 6) is -0.128. The summed E-state index contributed by atoms with van der Waals surface area (Å²) in [4.78, 5) is 11.1. The van der Waals surface area contributed by atoms with E-state index >= 15 is 0 Å². The first-order chi connectivity index (χ1) is 7.33. The van der Waals surface area contributed by atoms with Crippen LogP contribution < -0.4 is 11.1 Å². The Bertz CT molecular complexity index is 288. The predicted molar refractivity (Wildman–Crippen MR) is 58.2 cm³/mol. The Morgan fingerprint density at radius 3 is 2.73 bits per heavy atom. The van der Waals surface area contributed by atoms with Crippen LogP contribution in [0.5, 0.6) is 0 Å². The molecule has 0 fully saturated rings. The molecule has 3 N–H and O–H groups in total. The average Bonchev–Trinajstić information content (AvgIpc) is 2.28. The fourth-order valence-electron chi connectivity index (χ4n) is 1.10. The Morgan fingerprint density at radius 1 is 1.33 bits per heavy atom. The van der Waals surface area contributed by atoms with Crippen molar-refractivity contribution in [1.82, 2.24) is 5.32 Å². The summed E-state index contributed by atoms with van der Waals surface area (Å²) < 4.78 is 5.23. The van der Waals surface area contributed by atoms with Crippen molar-refractivity contribution in [3.8, 4) is 0 Å². The number of nitrogens with two attached hydrogens (primary N) is 1. The van der Waals surface area contributed by atoms with E-state index in [0.717, 1.165) is 5.56 Å². The SMILES string of the molecule is NCCNC(=O)COCc1ccccc1. The van der Waals surface area contributed by atoms with Crippen LogP contribution in [0, 0.1) is 0 Å². The van der Waals surface area contributed by atoms with E-state index in [1.165, 1.54) is 0 Å². The summed E-state index contributed by atoms with van der Waals surface area (Å²) in [6.45, 7) is 1.48. The van der Waals surface area contributed by atoms with Crippen LogP contribution in [0.3, 0.4) is 0 Å². The Kier molecular flexibility index (Phi) is 5.43. The summed E-state index contributed by atoms with van der Waals surface area (Å²) in [6, 6.07) is 9.73. The van der Waals surface area contributed by atoms with Gasteiger partial charge in [0.1, 0.15) is 6.61 Å². The van der Waals surface area contributed by atoms with Gasteiger partial charge in [-0.15, -0.1) is 0 Å². The number of amides is 1. The Balaban J connectivity index is 2.14. The monoisotopic (exact) mass is 208 g/mol. The molecule has 82 valence electrons. The average molecular weight is 208 g/mol. The number of carbonyl (C=O) groups is 1. The quantitative estimate of drug-likeness (QED) is 0.705. The van der Waals surface area contributed by atoms with Gasteiger partial charge in [-0.05, 0) is 5.56 Å². The van der Waals surface area contributed by atoms with Gasteiger partial charge in [0.15, 0.2) is 0 Å². The summed E-state index contributed by atoms with van der Waals surface area (Å²) in [7, 11) is 0. The third kappa shape index (κ3) is 5.15. The zero-order chi connectivity index (χ0) is 10.9. The lowest BCUT2D eigenvalue weighted by Gasteiger charge is -2.04. The molecule has 0 saturated heterocycles. The minimum atomic E-state index is -0.128. The van der Waals surface area contributed by atoms with Gasteiger partial charge in [-0.1, -0.05) is 30.3 Å². The Morgan fingerprint density at radius 2 is 2.07 bits per heavy atom. The highest BCUT2D eigenvalue weighted by Gasteiger charge is 1.99. The lowest BCUT2D eigenvalue weighted by atomic mass is 10.2. The van der Waals surface area contributed by atoms with Gasteiger partial charge in [0, 0.05) is 13.1 Å². The first kappa shape index (κ1) is 11.7. The lowest BCUT2D eigenvalue weighted by Crippen LogP contribution is -2.31. The molecule has 0 aliphatic heterocycles. The third-order valence-corrected chi connectivity index (χ3v) is 1.81. The largest absolute Gasteiger partial charge is 0.367 e. The fraction of sp³-hybridized carbons (Fsp3) is 0.364. The van der Waals surface area contributed by atoms with E-state index in [2.05, 4.69) is 5.32 Å². The summed E-state index contributed by atoms with van der Waals surface area (Å²) in [6.07, 6.45) is 0. The fourth-order valence-corrected chi connectivity index (χ4v) is 1.10. The van der Waals surface area contributed by atoms with Crippen LogP contribution in [0.1, 0.15) is 5.56 Å². The van der Waals surface area contributed by atoms with Crippen molar-refractivity contribution in [2.24, 2.45) is 5.73 Å². The van der Waals surface area contributed by atoms with Gasteiger partial charge in [0.25, 0.3) is 0 Å². The topological polar surface area (TPSA) is 64.3 Å². The molecule has 15 heavy (non-hydrogen) atoms. The maximum absolute atomic E-state index is 11.1. The van der Waals surface area contributed by atoms with E-state index in [9.17, 15) is 4.79 Å². The number of nitrogens with one attached hydrogen (secondary N) is 1. The number of carbonyl (C=O) groups excluding carboxylic acids is 1. The molecule has 0 aliphatic rings. The molecule has 0 radical (unpaired) electrons. The number of hydrogen-bond donors (Lipinski definition) is 2. The van der Waals surface area contributed by atoms with E-state index in [0.29, 0.717) is 19.7 Å². The third-order valence-electron chi connectivity index (χ3n) is 1.81. The highest BCUT2D eigenvalue weighted by Crippen LogP contribution is 1.99. The van der Waals surface area contributed by atoms with Gasteiger partial charge >= 0.3 is 0 Å². The first-order valence-corrected chi connectivity index (χ1v) is 4.91. The summed E-state index contributed by atoms with van der Waals surface area (Å²) >= 11 is 0. The molecule has 1 aromatic rings. The first-order valence-electron chi connectivity index (χ1n) is 4.91. The molecule has 0 unspecified atom stereocenters. The van der Waals surface area contributed by atoms with Crippen LogP contribution in [-0.4, -0.2) is 25.6 Å². The maximum Gasteiger partial charge on any atom is 0.246 e. The molecule has 1 rings (SSSR count). The van der Waals surface area contributed by atoms with Crippen molar-refractivity contribution in [1.29, 1.82) is 0 Å². The number of ether oxygens (including phenoxy) is 1. The van der Waals surface area contributed by atoms with Crippen molar-refractivity contribution in [2.75, 3.05) is 19.7 Å². The van der Waals surface area contributed by atoms with Gasteiger partial charge in [0.2, 0.25) is 5.91 Å². The zero-order valence-electron chi connectivity index (χ0n) is 8.61. The van der Waals surface area contributed by atoms with Crippen molar-refractivity contribution in [2.45, 2.75) is 6.61 Å². The highest BCUT2D eigenvalue weighted by molar-refractivity contribution is 5.77. The number of hydrogen-bond acceptors (Lipinski definition) is 3. The van der Waals surface area contributed by atoms with Crippen molar-refractivity contribution in [3.05, 3.63) is 35.9 Å². The van der Waals surface area contributed by atoms with Crippen LogP contribution in [0.15, 0.2) is 30.3 Å². The molecule has 0 saturated carbocycles. The van der Waals surface area contributed by atoms with Gasteiger partial charge in [-0.3, -0.25) is 4.79 Å². The van der Waals surface area contributed by atoms with E-state index in [4.69, 9.17) is 10.5 Å². The molecule has 0 spiro atoms. The minimum absolute atomic E-state index is 0.0783. The van der Waals surface area contributed by atoms with Gasteiger partial charge in [-0.2, -0.15) is 0 Å². The second-order valence-corrected chi connectivity index (χ2v) is 3.12. The standard InChI is InChI=1S/C11H16N2O2/c12-6-7-13-11(14)9-15-8-10-4-2-1-3-5-10/h1-5H,6-9,12H2,(H,13,14). The van der Waals surface area contributed by atoms with Crippen molar-refractivity contribution in [3.63, 3.8) is 0 Å². The van der Waals surface area contributed by atoms with Crippen LogP contribution >= 0.6 is 0 Å². The number of benzene rings is 1. The van der Waals surface area contributed by atoms with Crippen LogP contribution in [-0.2, 0) is 16.1 Å². The van der Waals surface area contributed by atoms with E-state index in [1.54, 1.807) is 0 Å². The second-order valence-electron chi connectivity index (χ2n) is 3.12. The van der Waals surface area contributed by atoms with Gasteiger partial charge in [0.05, 0.1) is 6.61 Å². The zero-order valence-corrected chi connectivity index (χ0v) is 8.61. The molecule has 1 amide bonds. The molecular formula is C11H16N2O2. The normalized spacial score (nSPS) is 9.93. The summed E-state index contributed by atoms with van der Waals surface area (Å²) in [5.41, 5.74) is 6.30. The van der Waals surface area contributed by atoms with E-state index < -0.39 is 0 Å². The minimum Gasteiger partial charge on any atom is -0.367 e. The van der Waals surface area contributed by atoms with Gasteiger partial charge in [-0.25, -0.2) is 0 Å². The van der Waals surface area contributed by atoms with E-state index in [1.807, 2.05) is 30.3 Å². The Hall–Kier alpha value is -1.39. The van der Waals surface area contributed by atoms with Crippen LogP contribution in [0.25, 0.3) is 0 Å². The Labute approximate surface area is 89.4 Å². The molecular weight excluding hydrogens is 192 g/mol. The lowest BCUT2D eigenvalue weighted by molar-refractivity contribution is -0.126. The molecule has 1 aromatic carbocycles. The molecule has 0 atom stereocenters. The highest BCUT2D eigenvalue weighted by atomic mass is 16.5.